The molecule has 0 atom stereocenters. The molecule has 0 radical (unpaired) electrons. The third-order valence-corrected chi connectivity index (χ3v) is 3.91. The van der Waals surface area contributed by atoms with E-state index in [1.54, 1.807) is 37.1 Å². The van der Waals surface area contributed by atoms with Crippen LogP contribution in [-0.4, -0.2) is 55.9 Å². The summed E-state index contributed by atoms with van der Waals surface area (Å²) >= 11 is 0. The number of hydrogen-bond donors (Lipinski definition) is 1. The summed E-state index contributed by atoms with van der Waals surface area (Å²) in [5.41, 5.74) is 1.34. The Labute approximate surface area is 158 Å². The van der Waals surface area contributed by atoms with Crippen molar-refractivity contribution in [3.05, 3.63) is 59.9 Å². The summed E-state index contributed by atoms with van der Waals surface area (Å²) in [6, 6.07) is 13.2. The Morgan fingerprint density at radius 2 is 1.81 bits per heavy atom. The van der Waals surface area contributed by atoms with Gasteiger partial charge in [0.25, 0.3) is 0 Å². The van der Waals surface area contributed by atoms with Crippen LogP contribution in [0.5, 0.6) is 5.75 Å². The highest BCUT2D eigenvalue weighted by atomic mass is 19.1. The molecule has 0 heterocycles. The van der Waals surface area contributed by atoms with Crippen molar-refractivity contribution in [3.8, 4) is 5.75 Å². The lowest BCUT2D eigenvalue weighted by Crippen LogP contribution is -2.39. The monoisotopic (exact) mass is 373 g/mol. The molecule has 0 saturated carbocycles. The molecule has 0 spiro atoms. The van der Waals surface area contributed by atoms with Crippen molar-refractivity contribution < 1.29 is 18.7 Å². The highest BCUT2D eigenvalue weighted by molar-refractivity contribution is 5.92. The van der Waals surface area contributed by atoms with Crippen molar-refractivity contribution in [1.29, 1.82) is 0 Å². The van der Waals surface area contributed by atoms with Crippen molar-refractivity contribution >= 4 is 17.5 Å². The largest absolute Gasteiger partial charge is 0.497 e. The molecule has 2 aromatic rings. The number of methoxy groups -OCH3 is 1. The minimum Gasteiger partial charge on any atom is -0.497 e. The van der Waals surface area contributed by atoms with Gasteiger partial charge in [-0.05, 0) is 42.9 Å². The molecule has 6 nitrogen and oxygen atoms in total. The van der Waals surface area contributed by atoms with Crippen LogP contribution in [0.3, 0.4) is 0 Å². The number of benzene rings is 2. The molecular weight excluding hydrogens is 349 g/mol. The van der Waals surface area contributed by atoms with Crippen LogP contribution in [0.2, 0.25) is 0 Å². The number of halogens is 1. The predicted octanol–water partition coefficient (Wildman–Crippen LogP) is 2.36. The van der Waals surface area contributed by atoms with E-state index in [1.165, 1.54) is 18.2 Å². The second-order valence-corrected chi connectivity index (χ2v) is 6.33. The lowest BCUT2D eigenvalue weighted by molar-refractivity contribution is -0.131. The maximum Gasteiger partial charge on any atom is 0.238 e. The Bertz CT molecular complexity index is 798. The van der Waals surface area contributed by atoms with Gasteiger partial charge in [-0.1, -0.05) is 18.2 Å². The number of nitrogens with one attached hydrogen (secondary N) is 1. The molecule has 0 bridgehead atoms. The molecule has 2 amide bonds. The number of likely N-dealkylation sites (N-methyl/N-ethyl adjacent to an activating group) is 2. The van der Waals surface area contributed by atoms with Gasteiger partial charge in [-0.2, -0.15) is 0 Å². The fourth-order valence-electron chi connectivity index (χ4n) is 2.55. The zero-order valence-corrected chi connectivity index (χ0v) is 15.7. The number of carbonyl (C=O) groups is 2. The van der Waals surface area contributed by atoms with E-state index in [9.17, 15) is 14.0 Å². The highest BCUT2D eigenvalue weighted by Crippen LogP contribution is 2.14. The van der Waals surface area contributed by atoms with Gasteiger partial charge in [0.05, 0.1) is 20.2 Å². The number of anilines is 1. The van der Waals surface area contributed by atoms with Gasteiger partial charge in [-0.15, -0.1) is 0 Å². The van der Waals surface area contributed by atoms with Crippen LogP contribution in [0.1, 0.15) is 5.56 Å². The van der Waals surface area contributed by atoms with Crippen molar-refractivity contribution in [2.45, 2.75) is 6.54 Å². The van der Waals surface area contributed by atoms with Crippen LogP contribution in [0.25, 0.3) is 0 Å². The molecule has 0 saturated heterocycles. The number of carbonyl (C=O) groups excluding carboxylic acids is 2. The number of ether oxygens (including phenoxy) is 1. The fraction of sp³-hybridized carbons (Fsp3) is 0.300. The van der Waals surface area contributed by atoms with Crippen LogP contribution in [0.15, 0.2) is 48.5 Å². The van der Waals surface area contributed by atoms with E-state index >= 15 is 0 Å². The Kier molecular flexibility index (Phi) is 7.31. The molecule has 2 aromatic carbocycles. The first-order chi connectivity index (χ1) is 12.9. The summed E-state index contributed by atoms with van der Waals surface area (Å²) < 4.78 is 18.3. The molecule has 27 heavy (non-hydrogen) atoms. The molecule has 0 unspecified atom stereocenters. The van der Waals surface area contributed by atoms with Crippen molar-refractivity contribution in [2.24, 2.45) is 0 Å². The Balaban J connectivity index is 1.82. The summed E-state index contributed by atoms with van der Waals surface area (Å²) in [5, 5.41) is 2.61. The van der Waals surface area contributed by atoms with Gasteiger partial charge in [-0.25, -0.2) is 4.39 Å². The quantitative estimate of drug-likeness (QED) is 0.772. The Morgan fingerprint density at radius 1 is 1.07 bits per heavy atom. The minimum atomic E-state index is -0.421. The Hall–Kier alpha value is -2.93. The molecule has 7 heteroatoms. The van der Waals surface area contributed by atoms with Gasteiger partial charge in [0.15, 0.2) is 0 Å². The second kappa shape index (κ2) is 9.68. The van der Waals surface area contributed by atoms with Gasteiger partial charge in [0.2, 0.25) is 11.8 Å². The zero-order valence-electron chi connectivity index (χ0n) is 15.7. The maximum absolute atomic E-state index is 13.1. The van der Waals surface area contributed by atoms with E-state index in [4.69, 9.17) is 4.74 Å². The summed E-state index contributed by atoms with van der Waals surface area (Å²) in [5.74, 6) is -0.111. The van der Waals surface area contributed by atoms with E-state index in [0.717, 1.165) is 11.3 Å². The average molecular weight is 373 g/mol. The molecule has 1 N–H and O–H groups in total. The van der Waals surface area contributed by atoms with E-state index in [1.807, 2.05) is 24.3 Å². The van der Waals surface area contributed by atoms with Crippen molar-refractivity contribution in [2.75, 3.05) is 39.6 Å². The molecule has 0 aliphatic rings. The number of rotatable bonds is 8. The first-order valence-corrected chi connectivity index (χ1v) is 8.48. The molecule has 0 aromatic heterocycles. The molecular formula is C20H24FN3O3. The summed E-state index contributed by atoms with van der Waals surface area (Å²) in [4.78, 5) is 27.6. The lowest BCUT2D eigenvalue weighted by atomic mass is 10.2. The van der Waals surface area contributed by atoms with E-state index in [0.29, 0.717) is 12.2 Å². The van der Waals surface area contributed by atoms with Gasteiger partial charge in [-0.3, -0.25) is 14.5 Å². The lowest BCUT2D eigenvalue weighted by Gasteiger charge is -2.22. The first-order valence-electron chi connectivity index (χ1n) is 8.48. The van der Waals surface area contributed by atoms with Crippen molar-refractivity contribution in [1.82, 2.24) is 9.80 Å². The van der Waals surface area contributed by atoms with E-state index in [2.05, 4.69) is 5.32 Å². The summed E-state index contributed by atoms with van der Waals surface area (Å²) in [6.45, 7) is 0.561. The van der Waals surface area contributed by atoms with Crippen LogP contribution in [-0.2, 0) is 16.1 Å². The normalized spacial score (nSPS) is 10.6. The second-order valence-electron chi connectivity index (χ2n) is 6.33. The summed E-state index contributed by atoms with van der Waals surface area (Å²) in [7, 11) is 4.99. The summed E-state index contributed by atoms with van der Waals surface area (Å²) in [6.07, 6.45) is 0. The minimum absolute atomic E-state index is 0.0231. The highest BCUT2D eigenvalue weighted by Gasteiger charge is 2.15. The van der Waals surface area contributed by atoms with Crippen LogP contribution in [0, 0.1) is 5.82 Å². The zero-order chi connectivity index (χ0) is 19.8. The number of nitrogens with zero attached hydrogens (tertiary/aromatic N) is 2. The van der Waals surface area contributed by atoms with Crippen LogP contribution >= 0.6 is 0 Å². The SMILES string of the molecule is COc1cccc(CN(C)C(=O)CN(C)CC(=O)Nc2cccc(F)c2)c1. The van der Waals surface area contributed by atoms with Crippen LogP contribution < -0.4 is 10.1 Å². The smallest absolute Gasteiger partial charge is 0.238 e. The molecule has 0 aliphatic carbocycles. The van der Waals surface area contributed by atoms with E-state index < -0.39 is 5.82 Å². The van der Waals surface area contributed by atoms with Gasteiger partial charge in [0, 0.05) is 19.3 Å². The molecule has 2 rings (SSSR count). The maximum atomic E-state index is 13.1. The van der Waals surface area contributed by atoms with E-state index in [-0.39, 0.29) is 24.9 Å². The fourth-order valence-corrected chi connectivity index (χ4v) is 2.55. The topological polar surface area (TPSA) is 61.9 Å². The standard InChI is InChI=1S/C20H24FN3O3/c1-23(13-19(25)22-17-8-5-7-16(21)11-17)14-20(26)24(2)12-15-6-4-9-18(10-15)27-3/h4-11H,12-14H2,1-3H3,(H,22,25). The first kappa shape index (κ1) is 20.4. The van der Waals surface area contributed by atoms with Gasteiger partial charge < -0.3 is 15.0 Å². The van der Waals surface area contributed by atoms with Crippen molar-refractivity contribution in [3.63, 3.8) is 0 Å². The average Bonchev–Trinajstić information content (AvgIpc) is 2.61. The van der Waals surface area contributed by atoms with Gasteiger partial charge >= 0.3 is 0 Å². The Morgan fingerprint density at radius 3 is 2.52 bits per heavy atom. The third-order valence-electron chi connectivity index (χ3n) is 3.91. The van der Waals surface area contributed by atoms with Crippen LogP contribution in [0.4, 0.5) is 10.1 Å². The number of hydrogen-bond acceptors (Lipinski definition) is 4. The number of amides is 2. The molecule has 0 aliphatic heterocycles. The molecule has 0 fully saturated rings. The third kappa shape index (κ3) is 6.71. The predicted molar refractivity (Wildman–Crippen MR) is 102 cm³/mol. The molecule has 144 valence electrons. The van der Waals surface area contributed by atoms with Gasteiger partial charge in [0.1, 0.15) is 11.6 Å².